The Balaban J connectivity index is 0.00000131. The van der Waals surface area contributed by atoms with Crippen LogP contribution in [0.4, 0.5) is 10.1 Å². The Kier molecular flexibility index (Phi) is 7.18. The molecule has 27 heavy (non-hydrogen) atoms. The van der Waals surface area contributed by atoms with E-state index in [2.05, 4.69) is 20.6 Å². The lowest BCUT2D eigenvalue weighted by Crippen LogP contribution is -2.29. The van der Waals surface area contributed by atoms with Gasteiger partial charge in [-0.2, -0.15) is 0 Å². The van der Waals surface area contributed by atoms with Gasteiger partial charge in [-0.15, -0.1) is 24.8 Å². The van der Waals surface area contributed by atoms with Crippen LogP contribution >= 0.6 is 24.8 Å². The van der Waals surface area contributed by atoms with Gasteiger partial charge in [-0.3, -0.25) is 4.79 Å². The second-order valence-corrected chi connectivity index (χ2v) is 6.45. The van der Waals surface area contributed by atoms with E-state index in [9.17, 15) is 9.18 Å². The monoisotopic (exact) mass is 410 g/mol. The first kappa shape index (κ1) is 21.2. The van der Waals surface area contributed by atoms with E-state index < -0.39 is 0 Å². The number of hydrogen-bond donors (Lipinski definition) is 3. The van der Waals surface area contributed by atoms with Crippen LogP contribution in [0.3, 0.4) is 0 Å². The van der Waals surface area contributed by atoms with Crippen LogP contribution in [-0.2, 0) is 4.79 Å². The zero-order chi connectivity index (χ0) is 17.2. The average molecular weight is 411 g/mol. The van der Waals surface area contributed by atoms with Crippen molar-refractivity contribution in [3.8, 4) is 11.4 Å². The molecule has 0 radical (unpaired) electrons. The van der Waals surface area contributed by atoms with E-state index in [1.165, 1.54) is 25.0 Å². The summed E-state index contributed by atoms with van der Waals surface area (Å²) < 4.78 is 13.0. The van der Waals surface area contributed by atoms with Gasteiger partial charge in [0.2, 0.25) is 5.91 Å². The standard InChI is InChI=1S/C19H19FN4O.2ClH/c20-14-5-3-13(4-6-14)19-23-16-8-7-15(9-17(16)24-19)22-18(25)11-21-10-12-1-2-12;;/h3-9,12,21H,1-2,10-11H2,(H,22,25)(H,23,24);2*1H. The summed E-state index contributed by atoms with van der Waals surface area (Å²) in [5.41, 5.74) is 3.15. The molecule has 8 heteroatoms. The van der Waals surface area contributed by atoms with E-state index in [0.29, 0.717) is 12.4 Å². The fraction of sp³-hybridized carbons (Fsp3) is 0.263. The Labute approximate surface area is 169 Å². The molecule has 1 amide bonds. The van der Waals surface area contributed by atoms with Crippen molar-refractivity contribution in [3.63, 3.8) is 0 Å². The van der Waals surface area contributed by atoms with Crippen molar-refractivity contribution in [2.24, 2.45) is 5.92 Å². The minimum absolute atomic E-state index is 0. The zero-order valence-corrected chi connectivity index (χ0v) is 16.1. The predicted molar refractivity (Wildman–Crippen MR) is 110 cm³/mol. The summed E-state index contributed by atoms with van der Waals surface area (Å²) in [5.74, 6) is 1.09. The minimum Gasteiger partial charge on any atom is -0.338 e. The maximum absolute atomic E-state index is 13.0. The van der Waals surface area contributed by atoms with Crippen LogP contribution in [0.25, 0.3) is 22.4 Å². The molecule has 0 saturated heterocycles. The summed E-state index contributed by atoms with van der Waals surface area (Å²) in [6.45, 7) is 1.23. The number of halogens is 3. The fourth-order valence-corrected chi connectivity index (χ4v) is 2.75. The number of fused-ring (bicyclic) bond motifs is 1. The Morgan fingerprint density at radius 1 is 1.15 bits per heavy atom. The molecule has 3 aromatic rings. The van der Waals surface area contributed by atoms with Gasteiger partial charge in [-0.05, 0) is 67.8 Å². The van der Waals surface area contributed by atoms with Gasteiger partial charge in [0.15, 0.2) is 0 Å². The summed E-state index contributed by atoms with van der Waals surface area (Å²) in [5, 5.41) is 6.06. The van der Waals surface area contributed by atoms with E-state index in [0.717, 1.165) is 34.7 Å². The molecule has 1 aromatic heterocycles. The van der Waals surface area contributed by atoms with Crippen molar-refractivity contribution >= 4 is 47.4 Å². The highest BCUT2D eigenvalue weighted by atomic mass is 35.5. The molecular weight excluding hydrogens is 390 g/mol. The van der Waals surface area contributed by atoms with Crippen molar-refractivity contribution in [3.05, 3.63) is 48.3 Å². The molecule has 1 aliphatic rings. The third-order valence-corrected chi connectivity index (χ3v) is 4.30. The average Bonchev–Trinajstić information content (AvgIpc) is 3.32. The fourth-order valence-electron chi connectivity index (χ4n) is 2.75. The highest BCUT2D eigenvalue weighted by molar-refractivity contribution is 5.94. The molecule has 1 saturated carbocycles. The Morgan fingerprint density at radius 2 is 1.89 bits per heavy atom. The van der Waals surface area contributed by atoms with Gasteiger partial charge in [-0.25, -0.2) is 9.37 Å². The number of amides is 1. The van der Waals surface area contributed by atoms with Gasteiger partial charge >= 0.3 is 0 Å². The highest BCUT2D eigenvalue weighted by Crippen LogP contribution is 2.27. The maximum Gasteiger partial charge on any atom is 0.238 e. The molecule has 0 bridgehead atoms. The summed E-state index contributed by atoms with van der Waals surface area (Å²) in [6.07, 6.45) is 2.53. The van der Waals surface area contributed by atoms with Gasteiger partial charge in [0, 0.05) is 11.3 Å². The van der Waals surface area contributed by atoms with Gasteiger partial charge in [0.25, 0.3) is 0 Å². The molecule has 5 nitrogen and oxygen atoms in total. The normalized spacial score (nSPS) is 12.9. The van der Waals surface area contributed by atoms with Crippen LogP contribution in [0.15, 0.2) is 42.5 Å². The molecule has 2 aromatic carbocycles. The van der Waals surface area contributed by atoms with E-state index in [4.69, 9.17) is 0 Å². The smallest absolute Gasteiger partial charge is 0.238 e. The Hall–Kier alpha value is -2.15. The molecule has 4 rings (SSSR count). The number of carbonyl (C=O) groups is 1. The molecule has 144 valence electrons. The number of aromatic amines is 1. The lowest BCUT2D eigenvalue weighted by molar-refractivity contribution is -0.115. The first-order valence-corrected chi connectivity index (χ1v) is 8.44. The predicted octanol–water partition coefficient (Wildman–Crippen LogP) is 4.15. The SMILES string of the molecule is Cl.Cl.O=C(CNCC1CC1)Nc1ccc2nc(-c3ccc(F)cc3)[nH]c2c1. The maximum atomic E-state index is 13.0. The van der Waals surface area contributed by atoms with Crippen molar-refractivity contribution in [2.75, 3.05) is 18.4 Å². The summed E-state index contributed by atoms with van der Waals surface area (Å²) in [7, 11) is 0. The molecule has 1 heterocycles. The number of imidazole rings is 1. The van der Waals surface area contributed by atoms with Crippen molar-refractivity contribution in [1.82, 2.24) is 15.3 Å². The number of hydrogen-bond acceptors (Lipinski definition) is 3. The number of nitrogens with zero attached hydrogens (tertiary/aromatic N) is 1. The molecular formula is C19H21Cl2FN4O. The molecule has 1 aliphatic carbocycles. The lowest BCUT2D eigenvalue weighted by Gasteiger charge is -2.06. The van der Waals surface area contributed by atoms with Crippen LogP contribution in [0.2, 0.25) is 0 Å². The number of carbonyl (C=O) groups excluding carboxylic acids is 1. The third-order valence-electron chi connectivity index (χ3n) is 4.30. The number of anilines is 1. The van der Waals surface area contributed by atoms with Gasteiger partial charge in [0.1, 0.15) is 11.6 Å². The van der Waals surface area contributed by atoms with E-state index in [1.807, 2.05) is 18.2 Å². The minimum atomic E-state index is -0.278. The second-order valence-electron chi connectivity index (χ2n) is 6.45. The van der Waals surface area contributed by atoms with Crippen molar-refractivity contribution in [2.45, 2.75) is 12.8 Å². The van der Waals surface area contributed by atoms with Crippen LogP contribution in [0, 0.1) is 11.7 Å². The number of benzene rings is 2. The summed E-state index contributed by atoms with van der Waals surface area (Å²) in [4.78, 5) is 19.7. The van der Waals surface area contributed by atoms with Crippen molar-refractivity contribution < 1.29 is 9.18 Å². The number of nitrogens with one attached hydrogen (secondary N) is 3. The zero-order valence-electron chi connectivity index (χ0n) is 14.5. The number of rotatable bonds is 6. The van der Waals surface area contributed by atoms with Crippen LogP contribution in [-0.4, -0.2) is 29.0 Å². The largest absolute Gasteiger partial charge is 0.338 e. The highest BCUT2D eigenvalue weighted by Gasteiger charge is 2.20. The third kappa shape index (κ3) is 5.42. The molecule has 0 atom stereocenters. The van der Waals surface area contributed by atoms with Crippen LogP contribution in [0.5, 0.6) is 0 Å². The Bertz CT molecular complexity index is 910. The van der Waals surface area contributed by atoms with E-state index >= 15 is 0 Å². The van der Waals surface area contributed by atoms with E-state index in [1.54, 1.807) is 12.1 Å². The topological polar surface area (TPSA) is 69.8 Å². The molecule has 0 unspecified atom stereocenters. The number of aromatic nitrogens is 2. The molecule has 0 aliphatic heterocycles. The number of H-pyrrole nitrogens is 1. The van der Waals surface area contributed by atoms with Crippen molar-refractivity contribution in [1.29, 1.82) is 0 Å². The first-order valence-electron chi connectivity index (χ1n) is 8.44. The first-order chi connectivity index (χ1) is 12.2. The molecule has 0 spiro atoms. The Morgan fingerprint density at radius 3 is 2.59 bits per heavy atom. The molecule has 1 fully saturated rings. The second kappa shape index (κ2) is 9.17. The van der Waals surface area contributed by atoms with Gasteiger partial charge in [-0.1, -0.05) is 0 Å². The van der Waals surface area contributed by atoms with Crippen LogP contribution in [0.1, 0.15) is 12.8 Å². The summed E-state index contributed by atoms with van der Waals surface area (Å²) in [6, 6.07) is 11.7. The quantitative estimate of drug-likeness (QED) is 0.571. The van der Waals surface area contributed by atoms with E-state index in [-0.39, 0.29) is 36.5 Å². The molecule has 3 N–H and O–H groups in total. The van der Waals surface area contributed by atoms with Gasteiger partial charge < -0.3 is 15.6 Å². The van der Waals surface area contributed by atoms with Crippen LogP contribution < -0.4 is 10.6 Å². The lowest BCUT2D eigenvalue weighted by atomic mass is 10.2. The van der Waals surface area contributed by atoms with Gasteiger partial charge in [0.05, 0.1) is 17.6 Å². The summed E-state index contributed by atoms with van der Waals surface area (Å²) >= 11 is 0.